The molecule has 0 aliphatic carbocycles. The molecule has 3 rings (SSSR count). The van der Waals surface area contributed by atoms with Crippen molar-refractivity contribution in [3.05, 3.63) is 71.8 Å². The lowest BCUT2D eigenvalue weighted by Crippen LogP contribution is -2.26. The summed E-state index contributed by atoms with van der Waals surface area (Å²) in [7, 11) is 0. The van der Waals surface area contributed by atoms with Gasteiger partial charge in [-0.2, -0.15) is 0 Å². The summed E-state index contributed by atoms with van der Waals surface area (Å²) >= 11 is 0. The summed E-state index contributed by atoms with van der Waals surface area (Å²) in [6, 6.07) is 22.0. The van der Waals surface area contributed by atoms with Crippen molar-refractivity contribution in [1.82, 2.24) is 4.90 Å². The van der Waals surface area contributed by atoms with E-state index in [0.717, 1.165) is 19.6 Å². The van der Waals surface area contributed by atoms with Gasteiger partial charge in [-0.05, 0) is 30.5 Å². The number of likely N-dealkylation sites (tertiary alicyclic amines) is 1. The zero-order valence-electron chi connectivity index (χ0n) is 12.7. The SMILES string of the molecule is CC(c1ccccc1)N1C[C@@H](CN)[C@H](c2ccccc2)C1. The number of rotatable bonds is 4. The van der Waals surface area contributed by atoms with E-state index >= 15 is 0 Å². The van der Waals surface area contributed by atoms with E-state index in [1.54, 1.807) is 0 Å². The van der Waals surface area contributed by atoms with Crippen molar-refractivity contribution >= 4 is 0 Å². The van der Waals surface area contributed by atoms with Crippen molar-refractivity contribution in [2.75, 3.05) is 19.6 Å². The normalized spacial score (nSPS) is 24.1. The van der Waals surface area contributed by atoms with Crippen LogP contribution in [0.1, 0.15) is 30.0 Å². The monoisotopic (exact) mass is 280 g/mol. The second-order valence-corrected chi connectivity index (χ2v) is 6.05. The van der Waals surface area contributed by atoms with Gasteiger partial charge in [-0.1, -0.05) is 60.7 Å². The third-order valence-electron chi connectivity index (χ3n) is 4.83. The summed E-state index contributed by atoms with van der Waals surface area (Å²) in [5.74, 6) is 1.11. The number of hydrogen-bond donors (Lipinski definition) is 1. The lowest BCUT2D eigenvalue weighted by Gasteiger charge is -2.24. The summed E-state index contributed by atoms with van der Waals surface area (Å²) < 4.78 is 0. The van der Waals surface area contributed by atoms with Gasteiger partial charge in [0.15, 0.2) is 0 Å². The van der Waals surface area contributed by atoms with Crippen LogP contribution < -0.4 is 5.73 Å². The zero-order chi connectivity index (χ0) is 14.7. The zero-order valence-corrected chi connectivity index (χ0v) is 12.7. The molecule has 2 aromatic rings. The van der Waals surface area contributed by atoms with Gasteiger partial charge < -0.3 is 5.73 Å². The fraction of sp³-hybridized carbons (Fsp3) is 0.368. The summed E-state index contributed by atoms with van der Waals surface area (Å²) in [5, 5.41) is 0. The molecule has 0 bridgehead atoms. The standard InChI is InChI=1S/C19H24N2/c1-15(16-8-4-2-5-9-16)21-13-18(12-20)19(14-21)17-10-6-3-7-11-17/h2-11,15,18-19H,12-14,20H2,1H3/t15?,18-,19+/m1/s1. The van der Waals surface area contributed by atoms with Gasteiger partial charge in [0.1, 0.15) is 0 Å². The van der Waals surface area contributed by atoms with E-state index < -0.39 is 0 Å². The molecule has 0 radical (unpaired) electrons. The van der Waals surface area contributed by atoms with Crippen LogP contribution in [0.5, 0.6) is 0 Å². The molecule has 0 amide bonds. The summed E-state index contributed by atoms with van der Waals surface area (Å²) in [5.41, 5.74) is 8.85. The second kappa shape index (κ2) is 6.42. The molecule has 2 heteroatoms. The van der Waals surface area contributed by atoms with Gasteiger partial charge in [0.25, 0.3) is 0 Å². The highest BCUT2D eigenvalue weighted by Crippen LogP contribution is 2.36. The van der Waals surface area contributed by atoms with Crippen molar-refractivity contribution < 1.29 is 0 Å². The van der Waals surface area contributed by atoms with Gasteiger partial charge in [-0.15, -0.1) is 0 Å². The first-order valence-corrected chi connectivity index (χ1v) is 7.83. The van der Waals surface area contributed by atoms with Crippen LogP contribution in [0.15, 0.2) is 60.7 Å². The Hall–Kier alpha value is -1.64. The maximum absolute atomic E-state index is 6.04. The predicted molar refractivity (Wildman–Crippen MR) is 88.2 cm³/mol. The first-order valence-electron chi connectivity index (χ1n) is 7.83. The Morgan fingerprint density at radius 3 is 2.24 bits per heavy atom. The van der Waals surface area contributed by atoms with Crippen LogP contribution in [0.4, 0.5) is 0 Å². The largest absolute Gasteiger partial charge is 0.330 e. The average Bonchev–Trinajstić information content (AvgIpc) is 3.00. The molecule has 1 aliphatic rings. The summed E-state index contributed by atoms with van der Waals surface area (Å²) in [6.45, 7) is 5.25. The molecular formula is C19H24N2. The van der Waals surface area contributed by atoms with Gasteiger partial charge in [-0.3, -0.25) is 4.90 Å². The van der Waals surface area contributed by atoms with E-state index in [9.17, 15) is 0 Å². The molecule has 0 saturated carbocycles. The third kappa shape index (κ3) is 3.02. The fourth-order valence-electron chi connectivity index (χ4n) is 3.48. The average molecular weight is 280 g/mol. The van der Waals surface area contributed by atoms with Gasteiger partial charge in [0.2, 0.25) is 0 Å². The first-order chi connectivity index (χ1) is 10.3. The van der Waals surface area contributed by atoms with Gasteiger partial charge in [0, 0.05) is 25.0 Å². The minimum atomic E-state index is 0.453. The van der Waals surface area contributed by atoms with Crippen molar-refractivity contribution in [1.29, 1.82) is 0 Å². The van der Waals surface area contributed by atoms with Crippen LogP contribution in [0.25, 0.3) is 0 Å². The molecule has 0 spiro atoms. The maximum atomic E-state index is 6.04. The second-order valence-electron chi connectivity index (χ2n) is 6.05. The quantitative estimate of drug-likeness (QED) is 0.930. The minimum absolute atomic E-state index is 0.453. The van der Waals surface area contributed by atoms with Crippen molar-refractivity contribution in [3.8, 4) is 0 Å². The first kappa shape index (κ1) is 14.3. The van der Waals surface area contributed by atoms with E-state index in [4.69, 9.17) is 5.73 Å². The molecular weight excluding hydrogens is 256 g/mol. The fourth-order valence-corrected chi connectivity index (χ4v) is 3.48. The van der Waals surface area contributed by atoms with Crippen molar-refractivity contribution in [3.63, 3.8) is 0 Å². The van der Waals surface area contributed by atoms with Gasteiger partial charge in [-0.25, -0.2) is 0 Å². The smallest absolute Gasteiger partial charge is 0.0320 e. The molecule has 1 saturated heterocycles. The predicted octanol–water partition coefficient (Wildman–Crippen LogP) is 3.42. The number of hydrogen-bond acceptors (Lipinski definition) is 2. The lowest BCUT2D eigenvalue weighted by molar-refractivity contribution is 0.252. The molecule has 110 valence electrons. The summed E-state index contributed by atoms with van der Waals surface area (Å²) in [6.07, 6.45) is 0. The molecule has 2 aromatic carbocycles. The summed E-state index contributed by atoms with van der Waals surface area (Å²) in [4.78, 5) is 2.57. The molecule has 3 atom stereocenters. The highest BCUT2D eigenvalue weighted by molar-refractivity contribution is 5.24. The van der Waals surface area contributed by atoms with Crippen LogP contribution in [0.3, 0.4) is 0 Å². The molecule has 1 aliphatic heterocycles. The Balaban J connectivity index is 1.78. The van der Waals surface area contributed by atoms with Crippen molar-refractivity contribution in [2.24, 2.45) is 11.7 Å². The Kier molecular flexibility index (Phi) is 4.37. The lowest BCUT2D eigenvalue weighted by atomic mass is 9.89. The van der Waals surface area contributed by atoms with Gasteiger partial charge >= 0.3 is 0 Å². The Morgan fingerprint density at radius 1 is 1.00 bits per heavy atom. The van der Waals surface area contributed by atoms with Crippen LogP contribution in [0, 0.1) is 5.92 Å². The van der Waals surface area contributed by atoms with E-state index in [1.807, 2.05) is 0 Å². The molecule has 1 heterocycles. The van der Waals surface area contributed by atoms with Crippen LogP contribution in [-0.4, -0.2) is 24.5 Å². The number of benzene rings is 2. The third-order valence-corrected chi connectivity index (χ3v) is 4.83. The molecule has 2 N–H and O–H groups in total. The van der Waals surface area contributed by atoms with Gasteiger partial charge in [0.05, 0.1) is 0 Å². The van der Waals surface area contributed by atoms with Crippen molar-refractivity contribution in [2.45, 2.75) is 18.9 Å². The maximum Gasteiger partial charge on any atom is 0.0320 e. The highest BCUT2D eigenvalue weighted by Gasteiger charge is 2.35. The van der Waals surface area contributed by atoms with E-state index in [2.05, 4.69) is 72.5 Å². The molecule has 21 heavy (non-hydrogen) atoms. The Bertz CT molecular complexity index is 552. The number of nitrogens with zero attached hydrogens (tertiary/aromatic N) is 1. The topological polar surface area (TPSA) is 29.3 Å². The number of nitrogens with two attached hydrogens (primary N) is 1. The van der Waals surface area contributed by atoms with Crippen LogP contribution >= 0.6 is 0 Å². The molecule has 1 unspecified atom stereocenters. The van der Waals surface area contributed by atoms with Crippen LogP contribution in [-0.2, 0) is 0 Å². The van der Waals surface area contributed by atoms with E-state index in [-0.39, 0.29) is 0 Å². The van der Waals surface area contributed by atoms with Crippen LogP contribution in [0.2, 0.25) is 0 Å². The minimum Gasteiger partial charge on any atom is -0.330 e. The molecule has 0 aromatic heterocycles. The van der Waals surface area contributed by atoms with E-state index in [1.165, 1.54) is 11.1 Å². The van der Waals surface area contributed by atoms with E-state index in [0.29, 0.717) is 17.9 Å². The Morgan fingerprint density at radius 2 is 1.62 bits per heavy atom. The Labute approximate surface area is 127 Å². The molecule has 1 fully saturated rings. The molecule has 2 nitrogen and oxygen atoms in total. The highest BCUT2D eigenvalue weighted by atomic mass is 15.2.